The van der Waals surface area contributed by atoms with Crippen LogP contribution in [-0.4, -0.2) is 17.7 Å². The average molecular weight is 294 g/mol. The van der Waals surface area contributed by atoms with Gasteiger partial charge < -0.3 is 5.32 Å². The zero-order valence-electron chi connectivity index (χ0n) is 12.2. The Hall–Kier alpha value is -2.95. The number of hydrogen-bond acceptors (Lipinski definition) is 3. The molecule has 22 heavy (non-hydrogen) atoms. The van der Waals surface area contributed by atoms with E-state index in [1.165, 1.54) is 0 Å². The minimum atomic E-state index is -0.489. The highest BCUT2D eigenvalue weighted by Crippen LogP contribution is 2.25. The molecular formula is C17H14N2O3. The van der Waals surface area contributed by atoms with Crippen LogP contribution in [0.3, 0.4) is 0 Å². The summed E-state index contributed by atoms with van der Waals surface area (Å²) in [6.45, 7) is 3.81. The summed E-state index contributed by atoms with van der Waals surface area (Å²) in [5.41, 5.74) is 3.29. The maximum absolute atomic E-state index is 12.4. The molecule has 1 aliphatic rings. The number of carbonyl (C=O) groups is 3. The standard InChI is InChI=1S/C17H14N2O3/c1-9-6-7-11(10(2)8-9)15(20)18-13-5-3-4-12-14(13)17(22)19-16(12)21/h3-8H,1-2H3,(H,18,20)(H,19,21,22). The van der Waals surface area contributed by atoms with Crippen molar-refractivity contribution in [2.45, 2.75) is 13.8 Å². The summed E-state index contributed by atoms with van der Waals surface area (Å²) in [4.78, 5) is 35.9. The summed E-state index contributed by atoms with van der Waals surface area (Å²) in [6, 6.07) is 10.3. The van der Waals surface area contributed by atoms with Crippen molar-refractivity contribution in [3.05, 3.63) is 64.2 Å². The lowest BCUT2D eigenvalue weighted by atomic mass is 10.0. The third-order valence-corrected chi connectivity index (χ3v) is 3.64. The van der Waals surface area contributed by atoms with Crippen molar-refractivity contribution >= 4 is 23.4 Å². The molecule has 3 amide bonds. The molecule has 0 unspecified atom stereocenters. The Morgan fingerprint density at radius 1 is 1.05 bits per heavy atom. The molecule has 0 fully saturated rings. The molecule has 110 valence electrons. The van der Waals surface area contributed by atoms with Gasteiger partial charge in [0.1, 0.15) is 0 Å². The molecule has 5 nitrogen and oxygen atoms in total. The number of benzene rings is 2. The van der Waals surface area contributed by atoms with Crippen molar-refractivity contribution in [3.8, 4) is 0 Å². The molecular weight excluding hydrogens is 280 g/mol. The summed E-state index contributed by atoms with van der Waals surface area (Å²) in [5, 5.41) is 4.94. The fourth-order valence-corrected chi connectivity index (χ4v) is 2.58. The molecule has 0 aliphatic carbocycles. The first kappa shape index (κ1) is 14.0. The molecule has 2 N–H and O–H groups in total. The third kappa shape index (κ3) is 2.26. The van der Waals surface area contributed by atoms with Crippen LogP contribution < -0.4 is 10.6 Å². The van der Waals surface area contributed by atoms with Crippen molar-refractivity contribution < 1.29 is 14.4 Å². The van der Waals surface area contributed by atoms with E-state index in [0.717, 1.165) is 11.1 Å². The molecule has 3 rings (SSSR count). The Morgan fingerprint density at radius 3 is 2.55 bits per heavy atom. The molecule has 0 bridgehead atoms. The fourth-order valence-electron chi connectivity index (χ4n) is 2.58. The summed E-state index contributed by atoms with van der Waals surface area (Å²) < 4.78 is 0. The molecule has 0 spiro atoms. The van der Waals surface area contributed by atoms with Crippen molar-refractivity contribution in [1.82, 2.24) is 5.32 Å². The predicted molar refractivity (Wildman–Crippen MR) is 82.1 cm³/mol. The first-order valence-corrected chi connectivity index (χ1v) is 6.84. The van der Waals surface area contributed by atoms with Crippen LogP contribution >= 0.6 is 0 Å². The van der Waals surface area contributed by atoms with Gasteiger partial charge in [0.2, 0.25) is 0 Å². The van der Waals surface area contributed by atoms with Crippen LogP contribution in [0.1, 0.15) is 42.2 Å². The Labute approximate surface area is 127 Å². The number of rotatable bonds is 2. The van der Waals surface area contributed by atoms with Gasteiger partial charge in [-0.25, -0.2) is 0 Å². The highest BCUT2D eigenvalue weighted by Gasteiger charge is 2.29. The minimum Gasteiger partial charge on any atom is -0.321 e. The lowest BCUT2D eigenvalue weighted by molar-refractivity contribution is 0.0879. The smallest absolute Gasteiger partial charge is 0.261 e. The number of aryl methyl sites for hydroxylation is 2. The average Bonchev–Trinajstić information content (AvgIpc) is 2.75. The van der Waals surface area contributed by atoms with Crippen LogP contribution in [0.5, 0.6) is 0 Å². The maximum atomic E-state index is 12.4. The molecule has 1 heterocycles. The Morgan fingerprint density at radius 2 is 1.82 bits per heavy atom. The zero-order valence-corrected chi connectivity index (χ0v) is 12.2. The van der Waals surface area contributed by atoms with Gasteiger partial charge in [-0.2, -0.15) is 0 Å². The van der Waals surface area contributed by atoms with Crippen molar-refractivity contribution in [1.29, 1.82) is 0 Å². The van der Waals surface area contributed by atoms with E-state index in [0.29, 0.717) is 11.3 Å². The lowest BCUT2D eigenvalue weighted by Gasteiger charge is -2.10. The second-order valence-electron chi connectivity index (χ2n) is 5.28. The van der Waals surface area contributed by atoms with Gasteiger partial charge in [0.05, 0.1) is 16.8 Å². The van der Waals surface area contributed by atoms with E-state index in [9.17, 15) is 14.4 Å². The normalized spacial score (nSPS) is 12.8. The van der Waals surface area contributed by atoms with Gasteiger partial charge in [-0.05, 0) is 37.6 Å². The van der Waals surface area contributed by atoms with Gasteiger partial charge in [-0.1, -0.05) is 23.8 Å². The molecule has 0 saturated carbocycles. The summed E-state index contributed by atoms with van der Waals surface area (Å²) >= 11 is 0. The van der Waals surface area contributed by atoms with E-state index in [1.54, 1.807) is 24.3 Å². The van der Waals surface area contributed by atoms with Crippen LogP contribution in [0.15, 0.2) is 36.4 Å². The van der Waals surface area contributed by atoms with Gasteiger partial charge in [0.25, 0.3) is 17.7 Å². The quantitative estimate of drug-likeness (QED) is 0.835. The highest BCUT2D eigenvalue weighted by atomic mass is 16.2. The molecule has 0 aromatic heterocycles. The molecule has 2 aromatic carbocycles. The van der Waals surface area contributed by atoms with Crippen LogP contribution in [0, 0.1) is 13.8 Å². The first-order valence-electron chi connectivity index (χ1n) is 6.84. The van der Waals surface area contributed by atoms with Gasteiger partial charge in [0, 0.05) is 5.56 Å². The third-order valence-electron chi connectivity index (χ3n) is 3.64. The summed E-state index contributed by atoms with van der Waals surface area (Å²) in [6.07, 6.45) is 0. The van der Waals surface area contributed by atoms with E-state index in [2.05, 4.69) is 10.6 Å². The first-order chi connectivity index (χ1) is 10.5. The predicted octanol–water partition coefficient (Wildman–Crippen LogP) is 2.44. The monoisotopic (exact) mass is 294 g/mol. The molecule has 0 saturated heterocycles. The van der Waals surface area contributed by atoms with E-state index >= 15 is 0 Å². The summed E-state index contributed by atoms with van der Waals surface area (Å²) in [7, 11) is 0. The van der Waals surface area contributed by atoms with Crippen LogP contribution in [-0.2, 0) is 0 Å². The number of imide groups is 1. The van der Waals surface area contributed by atoms with Crippen LogP contribution in [0.25, 0.3) is 0 Å². The Kier molecular flexibility index (Phi) is 3.25. The molecule has 2 aromatic rings. The fraction of sp³-hybridized carbons (Fsp3) is 0.118. The largest absolute Gasteiger partial charge is 0.321 e. The van der Waals surface area contributed by atoms with Gasteiger partial charge in [-0.3, -0.25) is 19.7 Å². The molecule has 5 heteroatoms. The van der Waals surface area contributed by atoms with Gasteiger partial charge in [-0.15, -0.1) is 0 Å². The number of fused-ring (bicyclic) bond motifs is 1. The van der Waals surface area contributed by atoms with E-state index < -0.39 is 11.8 Å². The maximum Gasteiger partial charge on any atom is 0.261 e. The van der Waals surface area contributed by atoms with Gasteiger partial charge >= 0.3 is 0 Å². The van der Waals surface area contributed by atoms with E-state index in [1.807, 2.05) is 26.0 Å². The summed E-state index contributed by atoms with van der Waals surface area (Å²) in [5.74, 6) is -1.24. The minimum absolute atomic E-state index is 0.214. The topological polar surface area (TPSA) is 75.3 Å². The van der Waals surface area contributed by atoms with Crippen molar-refractivity contribution in [3.63, 3.8) is 0 Å². The number of hydrogen-bond donors (Lipinski definition) is 2. The van der Waals surface area contributed by atoms with Crippen LogP contribution in [0.4, 0.5) is 5.69 Å². The highest BCUT2D eigenvalue weighted by molar-refractivity contribution is 6.25. The second kappa shape index (κ2) is 5.11. The number of nitrogens with one attached hydrogen (secondary N) is 2. The zero-order chi connectivity index (χ0) is 15.9. The van der Waals surface area contributed by atoms with Gasteiger partial charge in [0.15, 0.2) is 0 Å². The van der Waals surface area contributed by atoms with Crippen molar-refractivity contribution in [2.75, 3.05) is 5.32 Å². The van der Waals surface area contributed by atoms with E-state index in [4.69, 9.17) is 0 Å². The van der Waals surface area contributed by atoms with Crippen molar-refractivity contribution in [2.24, 2.45) is 0 Å². The number of amides is 3. The molecule has 0 atom stereocenters. The lowest BCUT2D eigenvalue weighted by Crippen LogP contribution is -2.21. The second-order valence-corrected chi connectivity index (χ2v) is 5.28. The SMILES string of the molecule is Cc1ccc(C(=O)Nc2cccc3c2C(=O)NC3=O)c(C)c1. The number of carbonyl (C=O) groups excluding carboxylic acids is 3. The van der Waals surface area contributed by atoms with E-state index in [-0.39, 0.29) is 17.0 Å². The Bertz CT molecular complexity index is 825. The molecule has 0 radical (unpaired) electrons. The van der Waals surface area contributed by atoms with Crippen LogP contribution in [0.2, 0.25) is 0 Å². The molecule has 1 aliphatic heterocycles. The Balaban J connectivity index is 1.96. The number of anilines is 1.